The van der Waals surface area contributed by atoms with Crippen molar-refractivity contribution in [3.8, 4) is 0 Å². The highest BCUT2D eigenvalue weighted by atomic mass is 16.5. The molecule has 0 radical (unpaired) electrons. The highest BCUT2D eigenvalue weighted by Crippen LogP contribution is 2.35. The second-order valence-electron chi connectivity index (χ2n) is 10.2. The van der Waals surface area contributed by atoms with Gasteiger partial charge in [0.15, 0.2) is 11.5 Å². The number of methoxy groups -OCH3 is 1. The first-order valence-electron chi connectivity index (χ1n) is 11.8. The molecule has 5 nitrogen and oxygen atoms in total. The Kier molecular flexibility index (Phi) is 11.3. The SMILES string of the molecule is CN/C(=C/CC(C)(C)C/C(C)=C/CC1C(C)C(=O)C(O)=C(OC)C1O)CCCC=C(C)C. The maximum Gasteiger partial charge on any atom is 0.203 e. The van der Waals surface area contributed by atoms with Crippen LogP contribution in [0, 0.1) is 17.3 Å². The van der Waals surface area contributed by atoms with Gasteiger partial charge < -0.3 is 20.3 Å². The van der Waals surface area contributed by atoms with Gasteiger partial charge >= 0.3 is 0 Å². The van der Waals surface area contributed by atoms with Crippen molar-refractivity contribution in [2.45, 2.75) is 86.2 Å². The van der Waals surface area contributed by atoms with Crippen LogP contribution in [0.5, 0.6) is 0 Å². The molecule has 182 valence electrons. The van der Waals surface area contributed by atoms with Crippen LogP contribution in [0.3, 0.4) is 0 Å². The van der Waals surface area contributed by atoms with Gasteiger partial charge in [-0.3, -0.25) is 4.79 Å². The van der Waals surface area contributed by atoms with Gasteiger partial charge in [-0.1, -0.05) is 50.1 Å². The first kappa shape index (κ1) is 28.0. The first-order valence-corrected chi connectivity index (χ1v) is 11.8. The fourth-order valence-electron chi connectivity index (χ4n) is 4.34. The number of unbranched alkanes of at least 4 members (excludes halogenated alkanes) is 1. The second kappa shape index (κ2) is 12.9. The van der Waals surface area contributed by atoms with Gasteiger partial charge in [0.05, 0.1) is 7.11 Å². The van der Waals surface area contributed by atoms with E-state index in [2.05, 4.69) is 58.2 Å². The number of carbonyl (C=O) groups excluding carboxylic acids is 1. The molecular weight excluding hydrogens is 402 g/mol. The zero-order valence-corrected chi connectivity index (χ0v) is 21.4. The Morgan fingerprint density at radius 1 is 1.19 bits per heavy atom. The van der Waals surface area contributed by atoms with Crippen LogP contribution in [-0.2, 0) is 9.53 Å². The van der Waals surface area contributed by atoms with Gasteiger partial charge in [0.2, 0.25) is 5.78 Å². The van der Waals surface area contributed by atoms with Crippen molar-refractivity contribution in [3.05, 3.63) is 46.6 Å². The van der Waals surface area contributed by atoms with E-state index in [1.807, 2.05) is 7.05 Å². The van der Waals surface area contributed by atoms with Gasteiger partial charge in [-0.25, -0.2) is 0 Å². The number of ether oxygens (including phenoxy) is 1. The molecule has 0 bridgehead atoms. The highest BCUT2D eigenvalue weighted by molar-refractivity contribution is 5.96. The van der Waals surface area contributed by atoms with Crippen LogP contribution in [0.2, 0.25) is 0 Å². The standard InChI is InChI=1S/C27H45NO4/c1-18(2)11-9-10-12-21(28-7)15-16-27(5,6)17-19(3)13-14-22-20(4)23(29)25(31)26(32-8)24(22)30/h11,13,15,20,22,24,28,30-31H,9-10,12,14,16-17H2,1-8H3/b19-13+,21-15+. The lowest BCUT2D eigenvalue weighted by Crippen LogP contribution is -2.39. The summed E-state index contributed by atoms with van der Waals surface area (Å²) in [6.07, 6.45) is 11.5. The summed E-state index contributed by atoms with van der Waals surface area (Å²) in [5.74, 6) is -1.58. The minimum absolute atomic E-state index is 0.0150. The molecule has 0 aromatic carbocycles. The van der Waals surface area contributed by atoms with E-state index < -0.39 is 17.8 Å². The predicted octanol–water partition coefficient (Wildman–Crippen LogP) is 5.98. The summed E-state index contributed by atoms with van der Waals surface area (Å²) < 4.78 is 5.09. The van der Waals surface area contributed by atoms with E-state index in [1.54, 1.807) is 6.92 Å². The van der Waals surface area contributed by atoms with Crippen LogP contribution in [0.1, 0.15) is 80.1 Å². The molecule has 32 heavy (non-hydrogen) atoms. The van der Waals surface area contributed by atoms with Gasteiger partial charge in [-0.15, -0.1) is 0 Å². The maximum atomic E-state index is 12.3. The zero-order valence-electron chi connectivity index (χ0n) is 21.4. The van der Waals surface area contributed by atoms with Crippen LogP contribution in [0.15, 0.2) is 46.6 Å². The van der Waals surface area contributed by atoms with Crippen molar-refractivity contribution in [2.24, 2.45) is 17.3 Å². The lowest BCUT2D eigenvalue weighted by molar-refractivity contribution is -0.127. The monoisotopic (exact) mass is 447 g/mol. The average molecular weight is 448 g/mol. The molecule has 1 aliphatic carbocycles. The lowest BCUT2D eigenvalue weighted by atomic mass is 9.76. The largest absolute Gasteiger partial charge is 0.502 e. The summed E-state index contributed by atoms with van der Waals surface area (Å²) in [5.41, 5.74) is 4.00. The molecule has 1 aliphatic rings. The molecule has 5 heteroatoms. The Labute approximate surface area is 195 Å². The van der Waals surface area contributed by atoms with Crippen molar-refractivity contribution in [3.63, 3.8) is 0 Å². The van der Waals surface area contributed by atoms with Gasteiger partial charge in [-0.05, 0) is 64.7 Å². The van der Waals surface area contributed by atoms with Gasteiger partial charge in [0.1, 0.15) is 6.10 Å². The Bertz CT molecular complexity index is 754. The molecule has 0 aromatic rings. The number of nitrogens with one attached hydrogen (secondary N) is 1. The van der Waals surface area contributed by atoms with Crippen LogP contribution in [-0.4, -0.2) is 36.3 Å². The van der Waals surface area contributed by atoms with E-state index in [4.69, 9.17) is 4.74 Å². The minimum Gasteiger partial charge on any atom is -0.502 e. The fourth-order valence-corrected chi connectivity index (χ4v) is 4.34. The number of rotatable bonds is 12. The molecule has 3 atom stereocenters. The van der Waals surface area contributed by atoms with E-state index >= 15 is 0 Å². The molecule has 3 unspecified atom stereocenters. The second-order valence-corrected chi connectivity index (χ2v) is 10.2. The van der Waals surface area contributed by atoms with Crippen LogP contribution in [0.25, 0.3) is 0 Å². The van der Waals surface area contributed by atoms with E-state index in [0.29, 0.717) is 6.42 Å². The highest BCUT2D eigenvalue weighted by Gasteiger charge is 2.41. The third kappa shape index (κ3) is 8.50. The number of hydrogen-bond acceptors (Lipinski definition) is 5. The third-order valence-corrected chi connectivity index (χ3v) is 6.34. The summed E-state index contributed by atoms with van der Waals surface area (Å²) in [4.78, 5) is 12.3. The normalized spacial score (nSPS) is 22.8. The Balaban J connectivity index is 2.72. The van der Waals surface area contributed by atoms with Crippen LogP contribution in [0.4, 0.5) is 0 Å². The molecule has 0 heterocycles. The summed E-state index contributed by atoms with van der Waals surface area (Å²) in [5, 5.41) is 23.9. The number of carbonyl (C=O) groups is 1. The first-order chi connectivity index (χ1) is 14.9. The average Bonchev–Trinajstić information content (AvgIpc) is 2.71. The summed E-state index contributed by atoms with van der Waals surface area (Å²) in [6, 6.07) is 0. The fraction of sp³-hybridized carbons (Fsp3) is 0.667. The van der Waals surface area contributed by atoms with Crippen molar-refractivity contribution in [2.75, 3.05) is 14.2 Å². The number of aliphatic hydroxyl groups is 2. The molecule has 0 saturated heterocycles. The minimum atomic E-state index is -0.975. The Hall–Kier alpha value is -2.01. The number of Topliss-reactive ketones (excluding diaryl/α,β-unsaturated/α-hetero) is 1. The number of ketones is 1. The van der Waals surface area contributed by atoms with Gasteiger partial charge in [-0.2, -0.15) is 0 Å². The van der Waals surface area contributed by atoms with E-state index in [-0.39, 0.29) is 22.9 Å². The Morgan fingerprint density at radius 3 is 2.41 bits per heavy atom. The van der Waals surface area contributed by atoms with Crippen LogP contribution < -0.4 is 5.32 Å². The quantitative estimate of drug-likeness (QED) is 0.253. The molecule has 0 saturated carbocycles. The number of hydrogen-bond donors (Lipinski definition) is 3. The number of aliphatic hydroxyl groups excluding tert-OH is 2. The van der Waals surface area contributed by atoms with E-state index in [0.717, 1.165) is 32.1 Å². The Morgan fingerprint density at radius 2 is 1.84 bits per heavy atom. The predicted molar refractivity (Wildman–Crippen MR) is 132 cm³/mol. The molecule has 0 fully saturated rings. The number of allylic oxidation sites excluding steroid dienone is 7. The van der Waals surface area contributed by atoms with E-state index in [9.17, 15) is 15.0 Å². The molecule has 0 amide bonds. The zero-order chi connectivity index (χ0) is 24.5. The third-order valence-electron chi connectivity index (χ3n) is 6.34. The van der Waals surface area contributed by atoms with Crippen molar-refractivity contribution >= 4 is 5.78 Å². The summed E-state index contributed by atoms with van der Waals surface area (Å²) in [6.45, 7) is 12.7. The molecule has 3 N–H and O–H groups in total. The topological polar surface area (TPSA) is 78.8 Å². The molecule has 0 spiro atoms. The maximum absolute atomic E-state index is 12.3. The van der Waals surface area contributed by atoms with Crippen molar-refractivity contribution < 1.29 is 19.7 Å². The smallest absolute Gasteiger partial charge is 0.203 e. The summed E-state index contributed by atoms with van der Waals surface area (Å²) in [7, 11) is 3.36. The van der Waals surface area contributed by atoms with E-state index in [1.165, 1.54) is 24.0 Å². The van der Waals surface area contributed by atoms with Crippen molar-refractivity contribution in [1.82, 2.24) is 5.32 Å². The molecule has 0 aliphatic heterocycles. The van der Waals surface area contributed by atoms with Gasteiger partial charge in [0, 0.05) is 24.6 Å². The lowest BCUT2D eigenvalue weighted by Gasteiger charge is -2.32. The molecule has 1 rings (SSSR count). The van der Waals surface area contributed by atoms with Gasteiger partial charge in [0.25, 0.3) is 0 Å². The molecular formula is C27H45NO4. The van der Waals surface area contributed by atoms with Crippen LogP contribution >= 0.6 is 0 Å². The molecule has 0 aromatic heterocycles. The summed E-state index contributed by atoms with van der Waals surface area (Å²) >= 11 is 0. The van der Waals surface area contributed by atoms with Crippen molar-refractivity contribution in [1.29, 1.82) is 0 Å².